The number of rotatable bonds is 6. The largest absolute Gasteiger partial charge is 0.416 e. The third-order valence-corrected chi connectivity index (χ3v) is 9.41. The van der Waals surface area contributed by atoms with Crippen LogP contribution in [0.15, 0.2) is 18.2 Å². The van der Waals surface area contributed by atoms with Crippen molar-refractivity contribution in [1.82, 2.24) is 18.8 Å². The minimum absolute atomic E-state index is 0.0246. The van der Waals surface area contributed by atoms with E-state index in [1.54, 1.807) is 6.92 Å². The van der Waals surface area contributed by atoms with Gasteiger partial charge in [0.2, 0.25) is 11.8 Å². The van der Waals surface area contributed by atoms with Gasteiger partial charge in [-0.3, -0.25) is 9.59 Å². The first kappa shape index (κ1) is 28.3. The molecule has 14 heteroatoms. The highest BCUT2D eigenvalue weighted by molar-refractivity contribution is 7.86. The standard InChI is InChI=1S/C24H29F4N5O4S/c1-15-4-7-21(22(34)30-11-17-5-6-19(9-20(17)25)24(26,27)28)33(15)23(35)18-3-2-8-31(14-18)38(36,37)32-12-16(10-29)13-32/h5-6,9,15-16,18,21H,2-4,7-8,11-14H2,1H3,(H,30,34)/t15-,18+,21-/m1/s1. The lowest BCUT2D eigenvalue weighted by molar-refractivity contribution is -0.144. The van der Waals surface area contributed by atoms with Crippen LogP contribution in [0.5, 0.6) is 0 Å². The summed E-state index contributed by atoms with van der Waals surface area (Å²) < 4.78 is 80.9. The van der Waals surface area contributed by atoms with Crippen LogP contribution in [0, 0.1) is 29.0 Å². The molecule has 208 valence electrons. The summed E-state index contributed by atoms with van der Waals surface area (Å²) in [6.45, 7) is 1.93. The lowest BCUT2D eigenvalue weighted by atomic mass is 9.97. The number of carbonyl (C=O) groups excluding carboxylic acids is 2. The fourth-order valence-electron chi connectivity index (χ4n) is 5.22. The third-order valence-electron chi connectivity index (χ3n) is 7.48. The third kappa shape index (κ3) is 5.64. The van der Waals surface area contributed by atoms with E-state index in [2.05, 4.69) is 5.32 Å². The fraction of sp³-hybridized carbons (Fsp3) is 0.625. The van der Waals surface area contributed by atoms with Crippen LogP contribution in [0.3, 0.4) is 0 Å². The van der Waals surface area contributed by atoms with Crippen LogP contribution in [-0.4, -0.2) is 72.0 Å². The molecule has 0 aliphatic carbocycles. The van der Waals surface area contributed by atoms with E-state index >= 15 is 0 Å². The molecule has 0 spiro atoms. The molecule has 3 aliphatic heterocycles. The van der Waals surface area contributed by atoms with Crippen molar-refractivity contribution in [3.63, 3.8) is 0 Å². The molecule has 38 heavy (non-hydrogen) atoms. The fourth-order valence-corrected chi connectivity index (χ4v) is 7.01. The van der Waals surface area contributed by atoms with Crippen molar-refractivity contribution in [1.29, 1.82) is 5.26 Å². The van der Waals surface area contributed by atoms with Crippen molar-refractivity contribution in [3.8, 4) is 6.07 Å². The molecule has 0 aromatic heterocycles. The Morgan fingerprint density at radius 3 is 2.47 bits per heavy atom. The summed E-state index contributed by atoms with van der Waals surface area (Å²) in [5.41, 5.74) is -1.25. The van der Waals surface area contributed by atoms with Gasteiger partial charge in [-0.2, -0.15) is 35.5 Å². The highest BCUT2D eigenvalue weighted by Gasteiger charge is 2.45. The number of carbonyl (C=O) groups is 2. The van der Waals surface area contributed by atoms with Gasteiger partial charge in [-0.15, -0.1) is 0 Å². The molecule has 0 bridgehead atoms. The Morgan fingerprint density at radius 2 is 1.84 bits per heavy atom. The van der Waals surface area contributed by atoms with E-state index in [0.29, 0.717) is 31.7 Å². The predicted octanol–water partition coefficient (Wildman–Crippen LogP) is 2.25. The second kappa shape index (κ2) is 10.8. The molecule has 3 saturated heterocycles. The van der Waals surface area contributed by atoms with Crippen molar-refractivity contribution < 1.29 is 35.6 Å². The lowest BCUT2D eigenvalue weighted by Crippen LogP contribution is -2.58. The number of nitrogens with zero attached hydrogens (tertiary/aromatic N) is 4. The number of halogens is 4. The van der Waals surface area contributed by atoms with E-state index < -0.39 is 45.6 Å². The van der Waals surface area contributed by atoms with Crippen molar-refractivity contribution in [2.75, 3.05) is 26.2 Å². The molecule has 4 rings (SSSR count). The zero-order chi connectivity index (χ0) is 27.8. The number of piperidine rings is 1. The average molecular weight is 560 g/mol. The summed E-state index contributed by atoms with van der Waals surface area (Å²) in [6.07, 6.45) is -2.87. The average Bonchev–Trinajstić information content (AvgIpc) is 3.22. The molecule has 1 aromatic rings. The Morgan fingerprint density at radius 1 is 1.13 bits per heavy atom. The smallest absolute Gasteiger partial charge is 0.350 e. The quantitative estimate of drug-likeness (QED) is 0.538. The van der Waals surface area contributed by atoms with Crippen LogP contribution in [0.1, 0.15) is 43.7 Å². The maximum absolute atomic E-state index is 14.2. The van der Waals surface area contributed by atoms with Gasteiger partial charge in [0.1, 0.15) is 11.9 Å². The molecule has 2 amide bonds. The molecule has 3 heterocycles. The number of benzene rings is 1. The SMILES string of the molecule is C[C@@H]1CC[C@H](C(=O)NCc2ccc(C(F)(F)F)cc2F)N1C(=O)[C@H]1CCCN(S(=O)(=O)N2CC(C#N)C2)C1. The zero-order valence-electron chi connectivity index (χ0n) is 20.7. The van der Waals surface area contributed by atoms with Crippen LogP contribution >= 0.6 is 0 Å². The number of likely N-dealkylation sites (tertiary alicyclic amines) is 1. The summed E-state index contributed by atoms with van der Waals surface area (Å²) in [7, 11) is -3.80. The second-order valence-electron chi connectivity index (χ2n) is 10.1. The predicted molar refractivity (Wildman–Crippen MR) is 126 cm³/mol. The molecule has 0 saturated carbocycles. The van der Waals surface area contributed by atoms with Gasteiger partial charge in [-0.05, 0) is 44.7 Å². The van der Waals surface area contributed by atoms with Gasteiger partial charge in [0.15, 0.2) is 0 Å². The summed E-state index contributed by atoms with van der Waals surface area (Å²) in [6, 6.07) is 2.98. The monoisotopic (exact) mass is 559 g/mol. The first-order valence-corrected chi connectivity index (χ1v) is 13.8. The minimum Gasteiger partial charge on any atom is -0.350 e. The van der Waals surface area contributed by atoms with Gasteiger partial charge in [0.25, 0.3) is 10.2 Å². The van der Waals surface area contributed by atoms with E-state index in [1.165, 1.54) is 13.5 Å². The Balaban J connectivity index is 1.40. The van der Waals surface area contributed by atoms with Gasteiger partial charge in [0, 0.05) is 44.3 Å². The van der Waals surface area contributed by atoms with Crippen LogP contribution in [0.4, 0.5) is 17.6 Å². The molecule has 9 nitrogen and oxygen atoms in total. The first-order chi connectivity index (χ1) is 17.8. The van der Waals surface area contributed by atoms with E-state index in [1.807, 2.05) is 6.07 Å². The number of alkyl halides is 3. The van der Waals surface area contributed by atoms with E-state index in [4.69, 9.17) is 5.26 Å². The van der Waals surface area contributed by atoms with Crippen LogP contribution in [0.25, 0.3) is 0 Å². The number of hydrogen-bond donors (Lipinski definition) is 1. The number of amides is 2. The molecule has 0 unspecified atom stereocenters. The highest BCUT2D eigenvalue weighted by atomic mass is 32.2. The first-order valence-electron chi connectivity index (χ1n) is 12.4. The summed E-state index contributed by atoms with van der Waals surface area (Å²) >= 11 is 0. The number of nitriles is 1. The highest BCUT2D eigenvalue weighted by Crippen LogP contribution is 2.32. The zero-order valence-corrected chi connectivity index (χ0v) is 21.6. The molecule has 3 fully saturated rings. The van der Waals surface area contributed by atoms with Crippen molar-refractivity contribution >= 4 is 22.0 Å². The topological polar surface area (TPSA) is 114 Å². The molecular weight excluding hydrogens is 530 g/mol. The minimum atomic E-state index is -4.69. The van der Waals surface area contributed by atoms with Gasteiger partial charge in [0.05, 0.1) is 23.5 Å². The summed E-state index contributed by atoms with van der Waals surface area (Å²) in [4.78, 5) is 27.9. The van der Waals surface area contributed by atoms with E-state index in [9.17, 15) is 35.6 Å². The normalized spacial score (nSPS) is 25.6. The molecule has 0 radical (unpaired) electrons. The maximum Gasteiger partial charge on any atom is 0.416 e. The lowest BCUT2D eigenvalue weighted by Gasteiger charge is -2.41. The van der Waals surface area contributed by atoms with Gasteiger partial charge in [-0.25, -0.2) is 4.39 Å². The molecule has 3 atom stereocenters. The Kier molecular flexibility index (Phi) is 8.02. The number of hydrogen-bond acceptors (Lipinski definition) is 5. The molecule has 3 aliphatic rings. The molecular formula is C24H29F4N5O4S. The van der Waals surface area contributed by atoms with Gasteiger partial charge >= 0.3 is 6.18 Å². The Labute approximate surface area is 218 Å². The van der Waals surface area contributed by atoms with Crippen molar-refractivity contribution in [2.45, 2.75) is 57.4 Å². The maximum atomic E-state index is 14.2. The van der Waals surface area contributed by atoms with Crippen molar-refractivity contribution in [2.24, 2.45) is 11.8 Å². The van der Waals surface area contributed by atoms with Gasteiger partial charge in [-0.1, -0.05) is 6.07 Å². The Bertz CT molecular complexity index is 1230. The van der Waals surface area contributed by atoms with Crippen molar-refractivity contribution in [3.05, 3.63) is 35.1 Å². The van der Waals surface area contributed by atoms with E-state index in [0.717, 1.165) is 12.1 Å². The molecule has 1 aromatic carbocycles. The number of nitrogens with one attached hydrogen (secondary N) is 1. The Hall–Kier alpha value is -2.76. The van der Waals surface area contributed by atoms with Gasteiger partial charge < -0.3 is 10.2 Å². The second-order valence-corrected chi connectivity index (χ2v) is 12.0. The van der Waals surface area contributed by atoms with Crippen LogP contribution < -0.4 is 5.32 Å². The van der Waals surface area contributed by atoms with E-state index in [-0.39, 0.29) is 56.2 Å². The van der Waals surface area contributed by atoms with Crippen LogP contribution in [-0.2, 0) is 32.5 Å². The molecule has 1 N–H and O–H groups in total. The van der Waals surface area contributed by atoms with Crippen LogP contribution in [0.2, 0.25) is 0 Å². The summed E-state index contributed by atoms with van der Waals surface area (Å²) in [5, 5.41) is 11.5. The summed E-state index contributed by atoms with van der Waals surface area (Å²) in [5.74, 6) is -2.97.